The lowest BCUT2D eigenvalue weighted by molar-refractivity contribution is 0.0609. The molecule has 0 aromatic heterocycles. The van der Waals surface area contributed by atoms with Crippen LogP contribution in [0.4, 0.5) is 0 Å². The van der Waals surface area contributed by atoms with Gasteiger partial charge in [-0.05, 0) is 30.5 Å². The SMILES string of the molecule is COc1cc(CCCO)ccc1OC(CO)CO. The molecule has 0 saturated carbocycles. The lowest BCUT2D eigenvalue weighted by Crippen LogP contribution is -2.25. The van der Waals surface area contributed by atoms with Crippen molar-refractivity contribution in [2.75, 3.05) is 26.9 Å². The maximum Gasteiger partial charge on any atom is 0.161 e. The first-order valence-corrected chi connectivity index (χ1v) is 5.91. The zero-order valence-corrected chi connectivity index (χ0v) is 10.5. The summed E-state index contributed by atoms with van der Waals surface area (Å²) in [6.45, 7) is -0.366. The summed E-state index contributed by atoms with van der Waals surface area (Å²) in [6, 6.07) is 5.44. The lowest BCUT2D eigenvalue weighted by Gasteiger charge is -2.17. The molecule has 0 unspecified atom stereocenters. The Kier molecular flexibility index (Phi) is 6.49. The van der Waals surface area contributed by atoms with Gasteiger partial charge in [0.2, 0.25) is 0 Å². The Morgan fingerprint density at radius 3 is 2.39 bits per heavy atom. The van der Waals surface area contributed by atoms with Crippen molar-refractivity contribution in [2.24, 2.45) is 0 Å². The third-order valence-electron chi connectivity index (χ3n) is 2.55. The van der Waals surface area contributed by atoms with Crippen molar-refractivity contribution >= 4 is 0 Å². The fourth-order valence-corrected chi connectivity index (χ4v) is 1.56. The van der Waals surface area contributed by atoms with Crippen molar-refractivity contribution in [1.82, 2.24) is 0 Å². The Bertz CT molecular complexity index is 349. The molecule has 0 radical (unpaired) electrons. The second-order valence-corrected chi connectivity index (χ2v) is 3.92. The van der Waals surface area contributed by atoms with Crippen LogP contribution in [-0.2, 0) is 6.42 Å². The van der Waals surface area contributed by atoms with Gasteiger partial charge in [0, 0.05) is 6.61 Å². The van der Waals surface area contributed by atoms with Gasteiger partial charge in [0.1, 0.15) is 6.10 Å². The van der Waals surface area contributed by atoms with Gasteiger partial charge in [0.05, 0.1) is 20.3 Å². The molecule has 0 aliphatic rings. The minimum atomic E-state index is -0.651. The van der Waals surface area contributed by atoms with E-state index in [2.05, 4.69) is 0 Å². The summed E-state index contributed by atoms with van der Waals surface area (Å²) in [4.78, 5) is 0. The zero-order valence-electron chi connectivity index (χ0n) is 10.5. The average molecular weight is 256 g/mol. The number of methoxy groups -OCH3 is 1. The molecule has 0 atom stereocenters. The maximum atomic E-state index is 8.97. The van der Waals surface area contributed by atoms with Crippen LogP contribution in [0.15, 0.2) is 18.2 Å². The highest BCUT2D eigenvalue weighted by Gasteiger charge is 2.12. The standard InChI is InChI=1S/C13H20O5/c1-17-13-7-10(3-2-6-14)4-5-12(13)18-11(8-15)9-16/h4-5,7,11,14-16H,2-3,6,8-9H2,1H3. The number of benzene rings is 1. The molecule has 1 aromatic rings. The van der Waals surface area contributed by atoms with E-state index in [0.717, 1.165) is 12.0 Å². The molecule has 5 nitrogen and oxygen atoms in total. The predicted molar refractivity (Wildman–Crippen MR) is 67.0 cm³/mol. The number of hydrogen-bond donors (Lipinski definition) is 3. The van der Waals surface area contributed by atoms with Crippen molar-refractivity contribution in [3.8, 4) is 11.5 Å². The maximum absolute atomic E-state index is 8.97. The Hall–Kier alpha value is -1.30. The van der Waals surface area contributed by atoms with E-state index in [1.54, 1.807) is 6.07 Å². The summed E-state index contributed by atoms with van der Waals surface area (Å²) < 4.78 is 10.6. The van der Waals surface area contributed by atoms with Crippen molar-refractivity contribution in [1.29, 1.82) is 0 Å². The molecule has 1 aromatic carbocycles. The van der Waals surface area contributed by atoms with Gasteiger partial charge in [0.15, 0.2) is 11.5 Å². The molecule has 0 aliphatic carbocycles. The fourth-order valence-electron chi connectivity index (χ4n) is 1.56. The van der Waals surface area contributed by atoms with E-state index in [0.29, 0.717) is 17.9 Å². The lowest BCUT2D eigenvalue weighted by atomic mass is 10.1. The molecular formula is C13H20O5. The van der Waals surface area contributed by atoms with Crippen LogP contribution in [0, 0.1) is 0 Å². The van der Waals surface area contributed by atoms with Crippen LogP contribution in [0.1, 0.15) is 12.0 Å². The second kappa shape index (κ2) is 7.92. The largest absolute Gasteiger partial charge is 0.493 e. The monoisotopic (exact) mass is 256 g/mol. The van der Waals surface area contributed by atoms with E-state index in [1.165, 1.54) is 7.11 Å². The molecule has 0 bridgehead atoms. The van der Waals surface area contributed by atoms with Crippen LogP contribution in [0.2, 0.25) is 0 Å². The fraction of sp³-hybridized carbons (Fsp3) is 0.538. The van der Waals surface area contributed by atoms with E-state index >= 15 is 0 Å². The summed E-state index contributed by atoms with van der Waals surface area (Å²) in [5.74, 6) is 1.04. The third kappa shape index (κ3) is 4.18. The number of rotatable bonds is 8. The molecule has 0 spiro atoms. The minimum absolute atomic E-state index is 0.150. The first kappa shape index (κ1) is 14.8. The van der Waals surface area contributed by atoms with E-state index in [-0.39, 0.29) is 19.8 Å². The normalized spacial score (nSPS) is 10.7. The van der Waals surface area contributed by atoms with Crippen molar-refractivity contribution in [3.05, 3.63) is 23.8 Å². The summed E-state index contributed by atoms with van der Waals surface area (Å²) in [7, 11) is 1.53. The first-order chi connectivity index (χ1) is 8.74. The van der Waals surface area contributed by atoms with Crippen LogP contribution >= 0.6 is 0 Å². The van der Waals surface area contributed by atoms with Gasteiger partial charge in [0.25, 0.3) is 0 Å². The van der Waals surface area contributed by atoms with Crippen LogP contribution in [0.25, 0.3) is 0 Å². The van der Waals surface area contributed by atoms with Gasteiger partial charge in [-0.2, -0.15) is 0 Å². The summed E-state index contributed by atoms with van der Waals surface area (Å²) in [6.07, 6.45) is 0.803. The van der Waals surface area contributed by atoms with E-state index < -0.39 is 6.10 Å². The number of hydrogen-bond acceptors (Lipinski definition) is 5. The Morgan fingerprint density at radius 2 is 1.83 bits per heavy atom. The highest BCUT2D eigenvalue weighted by atomic mass is 16.5. The molecule has 5 heteroatoms. The molecule has 0 aliphatic heterocycles. The van der Waals surface area contributed by atoms with Crippen LogP contribution in [0.5, 0.6) is 11.5 Å². The third-order valence-corrected chi connectivity index (χ3v) is 2.55. The average Bonchev–Trinajstić information content (AvgIpc) is 2.43. The minimum Gasteiger partial charge on any atom is -0.493 e. The Morgan fingerprint density at radius 1 is 1.11 bits per heavy atom. The number of aliphatic hydroxyl groups excluding tert-OH is 3. The highest BCUT2D eigenvalue weighted by molar-refractivity contribution is 5.43. The van der Waals surface area contributed by atoms with Crippen molar-refractivity contribution in [2.45, 2.75) is 18.9 Å². The van der Waals surface area contributed by atoms with Crippen molar-refractivity contribution in [3.63, 3.8) is 0 Å². The predicted octanol–water partition coefficient (Wildman–Crippen LogP) is 0.352. The van der Waals surface area contributed by atoms with Gasteiger partial charge in [-0.3, -0.25) is 0 Å². The zero-order chi connectivity index (χ0) is 13.4. The summed E-state index contributed by atoms with van der Waals surface area (Å²) in [5, 5.41) is 26.7. The van der Waals surface area contributed by atoms with Gasteiger partial charge in [-0.25, -0.2) is 0 Å². The molecular weight excluding hydrogens is 236 g/mol. The molecule has 0 heterocycles. The van der Waals surface area contributed by atoms with Crippen LogP contribution in [-0.4, -0.2) is 48.4 Å². The van der Waals surface area contributed by atoms with Crippen LogP contribution in [0.3, 0.4) is 0 Å². The summed E-state index contributed by atoms with van der Waals surface area (Å²) in [5.41, 5.74) is 1.04. The highest BCUT2D eigenvalue weighted by Crippen LogP contribution is 2.29. The molecule has 0 amide bonds. The molecule has 18 heavy (non-hydrogen) atoms. The first-order valence-electron chi connectivity index (χ1n) is 5.91. The topological polar surface area (TPSA) is 79.2 Å². The molecule has 0 saturated heterocycles. The molecule has 0 fully saturated rings. The number of aryl methyl sites for hydroxylation is 1. The van der Waals surface area contributed by atoms with E-state index in [4.69, 9.17) is 24.8 Å². The van der Waals surface area contributed by atoms with Gasteiger partial charge in [-0.15, -0.1) is 0 Å². The molecule has 102 valence electrons. The number of aliphatic hydroxyl groups is 3. The number of ether oxygens (including phenoxy) is 2. The van der Waals surface area contributed by atoms with Crippen molar-refractivity contribution < 1.29 is 24.8 Å². The quantitative estimate of drug-likeness (QED) is 0.625. The van der Waals surface area contributed by atoms with E-state index in [1.807, 2.05) is 12.1 Å². The summed E-state index contributed by atoms with van der Waals surface area (Å²) >= 11 is 0. The Balaban J connectivity index is 2.79. The van der Waals surface area contributed by atoms with Crippen LogP contribution < -0.4 is 9.47 Å². The van der Waals surface area contributed by atoms with Gasteiger partial charge >= 0.3 is 0 Å². The van der Waals surface area contributed by atoms with Gasteiger partial charge in [-0.1, -0.05) is 6.07 Å². The smallest absolute Gasteiger partial charge is 0.161 e. The second-order valence-electron chi connectivity index (χ2n) is 3.92. The Labute approximate surface area is 107 Å². The molecule has 3 N–H and O–H groups in total. The molecule has 1 rings (SSSR count). The van der Waals surface area contributed by atoms with Gasteiger partial charge < -0.3 is 24.8 Å². The van der Waals surface area contributed by atoms with E-state index in [9.17, 15) is 0 Å².